The second-order valence-electron chi connectivity index (χ2n) is 4.14. The molecule has 0 aliphatic carbocycles. The van der Waals surface area contributed by atoms with E-state index in [0.29, 0.717) is 30.4 Å². The molecule has 0 spiro atoms. The van der Waals surface area contributed by atoms with E-state index in [1.54, 1.807) is 24.3 Å². The van der Waals surface area contributed by atoms with Crippen LogP contribution in [0.25, 0.3) is 0 Å². The van der Waals surface area contributed by atoms with Gasteiger partial charge in [-0.3, -0.25) is 4.99 Å². The monoisotopic (exact) mass is 264 g/mol. The van der Waals surface area contributed by atoms with Crippen LogP contribution in [-0.4, -0.2) is 41.3 Å². The molecular weight excluding hydrogens is 252 g/mol. The number of rotatable bonds is 2. The van der Waals surface area contributed by atoms with Crippen molar-refractivity contribution in [2.45, 2.75) is 5.72 Å². The van der Waals surface area contributed by atoms with Gasteiger partial charge in [-0.1, -0.05) is 12.1 Å². The summed E-state index contributed by atoms with van der Waals surface area (Å²) in [4.78, 5) is 4.22. The molecule has 8 heteroatoms. The summed E-state index contributed by atoms with van der Waals surface area (Å²) in [6.45, 7) is 1.01. The van der Waals surface area contributed by atoms with Gasteiger partial charge in [-0.25, -0.2) is 0 Å². The molecular formula is C11H12N4O4. The fourth-order valence-electron chi connectivity index (χ4n) is 2.07. The number of fused-ring (bicyclic) bond motifs is 1. The molecule has 2 heterocycles. The number of amidine groups is 1. The van der Waals surface area contributed by atoms with Crippen LogP contribution in [-0.2, 0) is 0 Å². The average Bonchev–Trinajstić information content (AvgIpc) is 3.00. The zero-order chi connectivity index (χ0) is 13.3. The molecule has 0 bridgehead atoms. The molecule has 0 amide bonds. The van der Waals surface area contributed by atoms with Crippen LogP contribution in [0.15, 0.2) is 34.5 Å². The van der Waals surface area contributed by atoms with Crippen LogP contribution in [0.1, 0.15) is 0 Å². The number of para-hydroxylation sites is 2. The van der Waals surface area contributed by atoms with Crippen LogP contribution in [0.3, 0.4) is 0 Å². The highest BCUT2D eigenvalue weighted by Gasteiger charge is 2.55. The summed E-state index contributed by atoms with van der Waals surface area (Å²) in [7, 11) is 0. The second kappa shape index (κ2) is 4.30. The Kier molecular flexibility index (Phi) is 2.62. The van der Waals surface area contributed by atoms with Gasteiger partial charge in [0.25, 0.3) is 0 Å². The topological polar surface area (TPSA) is 102 Å². The predicted molar refractivity (Wildman–Crippen MR) is 63.4 cm³/mol. The van der Waals surface area contributed by atoms with Crippen molar-refractivity contribution in [2.24, 2.45) is 10.3 Å². The van der Waals surface area contributed by atoms with Crippen molar-refractivity contribution in [3.05, 3.63) is 29.5 Å². The molecule has 100 valence electrons. The van der Waals surface area contributed by atoms with E-state index in [1.807, 2.05) is 0 Å². The zero-order valence-corrected chi connectivity index (χ0v) is 9.94. The van der Waals surface area contributed by atoms with E-state index in [2.05, 4.69) is 15.6 Å². The molecule has 2 aliphatic rings. The van der Waals surface area contributed by atoms with Gasteiger partial charge in [0.1, 0.15) is 0 Å². The molecule has 8 nitrogen and oxygen atoms in total. The number of hydrogen-bond donors (Lipinski definition) is 2. The van der Waals surface area contributed by atoms with Crippen LogP contribution in [0.5, 0.6) is 11.5 Å². The minimum Gasteiger partial charge on any atom is -0.594 e. The third-order valence-corrected chi connectivity index (χ3v) is 2.99. The Bertz CT molecular complexity index is 559. The van der Waals surface area contributed by atoms with Crippen molar-refractivity contribution in [3.8, 4) is 11.5 Å². The zero-order valence-electron chi connectivity index (χ0n) is 9.94. The fourth-order valence-corrected chi connectivity index (χ4v) is 2.07. The summed E-state index contributed by atoms with van der Waals surface area (Å²) in [6, 6.07) is 6.96. The maximum atomic E-state index is 11.9. The average molecular weight is 264 g/mol. The maximum absolute atomic E-state index is 11.9. The summed E-state index contributed by atoms with van der Waals surface area (Å²) >= 11 is 0. The number of aliphatic imine (C=N–C) groups is 1. The van der Waals surface area contributed by atoms with E-state index in [1.165, 1.54) is 0 Å². The lowest BCUT2D eigenvalue weighted by Crippen LogP contribution is -2.61. The number of hydroxylamine groups is 1. The highest BCUT2D eigenvalue weighted by Crippen LogP contribution is 2.36. The van der Waals surface area contributed by atoms with E-state index in [9.17, 15) is 5.21 Å². The Morgan fingerprint density at radius 2 is 2.21 bits per heavy atom. The number of ether oxygens (including phenoxy) is 2. The molecule has 0 fully saturated rings. The Morgan fingerprint density at radius 3 is 2.89 bits per heavy atom. The van der Waals surface area contributed by atoms with E-state index < -0.39 is 5.72 Å². The van der Waals surface area contributed by atoms with Gasteiger partial charge < -0.3 is 25.2 Å². The molecule has 1 aromatic carbocycles. The van der Waals surface area contributed by atoms with Crippen molar-refractivity contribution >= 4 is 5.84 Å². The number of nitrogens with zero attached hydrogens (tertiary/aromatic N) is 3. The van der Waals surface area contributed by atoms with Crippen molar-refractivity contribution in [3.63, 3.8) is 0 Å². The van der Waals surface area contributed by atoms with Crippen LogP contribution < -0.4 is 14.8 Å². The first-order chi connectivity index (χ1) is 9.26. The highest BCUT2D eigenvalue weighted by atomic mass is 16.7. The first-order valence-corrected chi connectivity index (χ1v) is 5.78. The lowest BCUT2D eigenvalue weighted by molar-refractivity contribution is -0.652. The lowest BCUT2D eigenvalue weighted by atomic mass is 10.2. The largest absolute Gasteiger partial charge is 0.594 e. The first-order valence-electron chi connectivity index (χ1n) is 5.78. The summed E-state index contributed by atoms with van der Waals surface area (Å²) < 4.78 is 11.2. The standard InChI is InChI=1S/C11H12N4O4/c16-14-15(17)11(10-12-5-6-13-10)7-18-8-3-1-2-4-9(8)19-11/h1-4,16H,5-7H2,(H,12,13)/b15-14+. The van der Waals surface area contributed by atoms with Gasteiger partial charge in [-0.15, -0.1) is 0 Å². The van der Waals surface area contributed by atoms with Gasteiger partial charge in [0.15, 0.2) is 11.5 Å². The van der Waals surface area contributed by atoms with Crippen molar-refractivity contribution < 1.29 is 19.5 Å². The molecule has 2 aliphatic heterocycles. The summed E-state index contributed by atoms with van der Waals surface area (Å²) in [5.41, 5.74) is -1.61. The van der Waals surface area contributed by atoms with Crippen LogP contribution in [0, 0.1) is 5.21 Å². The van der Waals surface area contributed by atoms with Crippen molar-refractivity contribution in [1.29, 1.82) is 0 Å². The Labute approximate surface area is 108 Å². The molecule has 0 radical (unpaired) electrons. The SMILES string of the molecule is [O-]/[N+](=N/O)C1(C2=NCCN2)COc2ccccc2O1. The molecule has 0 aromatic heterocycles. The number of nitrogens with one attached hydrogen (secondary N) is 1. The third kappa shape index (κ3) is 1.72. The van der Waals surface area contributed by atoms with Crippen molar-refractivity contribution in [2.75, 3.05) is 19.7 Å². The van der Waals surface area contributed by atoms with Crippen LogP contribution in [0.4, 0.5) is 0 Å². The van der Waals surface area contributed by atoms with E-state index >= 15 is 0 Å². The summed E-state index contributed by atoms with van der Waals surface area (Å²) in [6.07, 6.45) is 0. The third-order valence-electron chi connectivity index (χ3n) is 2.99. The van der Waals surface area contributed by atoms with Crippen LogP contribution in [0.2, 0.25) is 0 Å². The molecule has 1 aromatic rings. The number of hydrogen-bond acceptors (Lipinski definition) is 6. The molecule has 0 saturated heterocycles. The van der Waals surface area contributed by atoms with Gasteiger partial charge in [0.2, 0.25) is 17.7 Å². The molecule has 1 atom stereocenters. The first kappa shape index (κ1) is 11.6. The fraction of sp³-hybridized carbons (Fsp3) is 0.364. The Balaban J connectivity index is 2.04. The Hall–Kier alpha value is -2.51. The quantitative estimate of drug-likeness (QED) is 0.460. The molecule has 2 N–H and O–H groups in total. The predicted octanol–water partition coefficient (Wildman–Crippen LogP) is 0.507. The van der Waals surface area contributed by atoms with Crippen LogP contribution >= 0.6 is 0 Å². The van der Waals surface area contributed by atoms with Gasteiger partial charge >= 0.3 is 5.72 Å². The lowest BCUT2D eigenvalue weighted by Gasteiger charge is -2.32. The molecule has 1 unspecified atom stereocenters. The van der Waals surface area contributed by atoms with E-state index in [0.717, 1.165) is 0 Å². The second-order valence-corrected chi connectivity index (χ2v) is 4.14. The van der Waals surface area contributed by atoms with Gasteiger partial charge in [-0.05, 0) is 12.1 Å². The van der Waals surface area contributed by atoms with E-state index in [4.69, 9.17) is 14.7 Å². The van der Waals surface area contributed by atoms with E-state index in [-0.39, 0.29) is 11.5 Å². The summed E-state index contributed by atoms with van der Waals surface area (Å²) in [5.74, 6) is 1.23. The highest BCUT2D eigenvalue weighted by molar-refractivity contribution is 5.91. The maximum Gasteiger partial charge on any atom is 0.437 e. The number of benzene rings is 1. The minimum absolute atomic E-state index is 0.0556. The Morgan fingerprint density at radius 1 is 1.42 bits per heavy atom. The van der Waals surface area contributed by atoms with Gasteiger partial charge in [0.05, 0.1) is 6.54 Å². The smallest absolute Gasteiger partial charge is 0.437 e. The van der Waals surface area contributed by atoms with Gasteiger partial charge in [0, 0.05) is 11.4 Å². The molecule has 3 rings (SSSR count). The van der Waals surface area contributed by atoms with Crippen molar-refractivity contribution in [1.82, 2.24) is 5.32 Å². The molecule has 0 saturated carbocycles. The minimum atomic E-state index is -1.61. The summed E-state index contributed by atoms with van der Waals surface area (Å²) in [5, 5.41) is 26.2. The van der Waals surface area contributed by atoms with Gasteiger partial charge in [-0.2, -0.15) is 0 Å². The normalized spacial score (nSPS) is 25.7. The molecule has 19 heavy (non-hydrogen) atoms.